The molecule has 0 atom stereocenters. The zero-order valence-corrected chi connectivity index (χ0v) is 9.11. The Kier molecular flexibility index (Phi) is 2.47. The van der Waals surface area contributed by atoms with Crippen molar-refractivity contribution in [2.75, 3.05) is 0 Å². The largest absolute Gasteiger partial charge is 0.274 e. The van der Waals surface area contributed by atoms with Crippen LogP contribution < -0.4 is 0 Å². The van der Waals surface area contributed by atoms with Crippen molar-refractivity contribution in [2.24, 2.45) is 0 Å². The average molecular weight is 209 g/mol. The molecule has 0 heterocycles. The van der Waals surface area contributed by atoms with Crippen molar-refractivity contribution in [1.29, 1.82) is 0 Å². The lowest BCUT2D eigenvalue weighted by molar-refractivity contribution is 0.233. The lowest BCUT2D eigenvalue weighted by atomic mass is 10.1. The van der Waals surface area contributed by atoms with E-state index in [-0.39, 0.29) is 0 Å². The molecule has 0 N–H and O–H groups in total. The summed E-state index contributed by atoms with van der Waals surface area (Å²) in [6.45, 7) is 0. The van der Waals surface area contributed by atoms with Crippen molar-refractivity contribution in [3.05, 3.63) is 72.9 Å². The highest BCUT2D eigenvalue weighted by Gasteiger charge is 2.27. The van der Waals surface area contributed by atoms with Crippen molar-refractivity contribution in [2.45, 2.75) is 18.1 Å². The van der Waals surface area contributed by atoms with Gasteiger partial charge in [-0.1, -0.05) is 72.9 Å². The van der Waals surface area contributed by atoms with Gasteiger partial charge in [-0.15, -0.1) is 0 Å². The molecule has 0 spiro atoms. The van der Waals surface area contributed by atoms with Gasteiger partial charge in [0.25, 0.3) is 0 Å². The minimum atomic E-state index is 0.412. The van der Waals surface area contributed by atoms with Gasteiger partial charge in [0.05, 0.1) is 0 Å². The standard InChI is InChI=1S/C15H15N/c1-2-8-13(7-1)16(14-9-3-4-10-14)15-11-5-6-12-15/h1-15H. The molecule has 1 heteroatoms. The normalized spacial score (nSPS) is 23.8. The van der Waals surface area contributed by atoms with E-state index in [9.17, 15) is 0 Å². The summed E-state index contributed by atoms with van der Waals surface area (Å²) in [7, 11) is 0. The molecule has 0 saturated heterocycles. The Morgan fingerprint density at radius 3 is 0.938 bits per heavy atom. The first-order chi connectivity index (χ1) is 7.95. The van der Waals surface area contributed by atoms with Crippen LogP contribution in [0.1, 0.15) is 0 Å². The maximum atomic E-state index is 2.50. The van der Waals surface area contributed by atoms with Crippen molar-refractivity contribution >= 4 is 0 Å². The van der Waals surface area contributed by atoms with E-state index in [0.717, 1.165) is 0 Å². The molecule has 3 rings (SSSR count). The van der Waals surface area contributed by atoms with E-state index in [1.807, 2.05) is 0 Å². The van der Waals surface area contributed by atoms with E-state index >= 15 is 0 Å². The molecule has 3 aliphatic carbocycles. The van der Waals surface area contributed by atoms with Gasteiger partial charge in [-0.05, 0) is 0 Å². The summed E-state index contributed by atoms with van der Waals surface area (Å²) in [6.07, 6.45) is 26.3. The molecule has 0 aromatic rings. The molecular weight excluding hydrogens is 194 g/mol. The lowest BCUT2D eigenvalue weighted by Gasteiger charge is -2.34. The fourth-order valence-corrected chi connectivity index (χ4v) is 2.45. The summed E-state index contributed by atoms with van der Waals surface area (Å²) in [5, 5.41) is 0. The molecule has 0 amide bonds. The Labute approximate surface area is 96.5 Å². The molecule has 3 aliphatic rings. The third-order valence-corrected chi connectivity index (χ3v) is 3.22. The minimum Gasteiger partial charge on any atom is -0.274 e. The van der Waals surface area contributed by atoms with Crippen LogP contribution in [0.4, 0.5) is 0 Å². The summed E-state index contributed by atoms with van der Waals surface area (Å²) in [5.41, 5.74) is 0. The zero-order chi connectivity index (χ0) is 10.8. The summed E-state index contributed by atoms with van der Waals surface area (Å²) in [5.74, 6) is 0. The van der Waals surface area contributed by atoms with Gasteiger partial charge in [-0.25, -0.2) is 0 Å². The highest BCUT2D eigenvalue weighted by molar-refractivity contribution is 5.32. The van der Waals surface area contributed by atoms with E-state index in [1.54, 1.807) is 0 Å². The number of allylic oxidation sites excluding steroid dienone is 6. The van der Waals surface area contributed by atoms with Crippen molar-refractivity contribution in [1.82, 2.24) is 4.90 Å². The lowest BCUT2D eigenvalue weighted by Crippen LogP contribution is -2.44. The van der Waals surface area contributed by atoms with E-state index in [2.05, 4.69) is 77.8 Å². The summed E-state index contributed by atoms with van der Waals surface area (Å²) in [4.78, 5) is 2.50. The van der Waals surface area contributed by atoms with Crippen LogP contribution in [0.2, 0.25) is 0 Å². The molecule has 0 unspecified atom stereocenters. The van der Waals surface area contributed by atoms with E-state index < -0.39 is 0 Å². The molecule has 0 radical (unpaired) electrons. The Hall–Kier alpha value is -1.60. The first-order valence-electron chi connectivity index (χ1n) is 5.77. The summed E-state index contributed by atoms with van der Waals surface area (Å²) < 4.78 is 0. The second kappa shape index (κ2) is 4.11. The molecule has 16 heavy (non-hydrogen) atoms. The first kappa shape index (κ1) is 9.61. The topological polar surface area (TPSA) is 3.24 Å². The molecule has 0 bridgehead atoms. The van der Waals surface area contributed by atoms with Crippen molar-refractivity contribution in [3.8, 4) is 0 Å². The van der Waals surface area contributed by atoms with Gasteiger partial charge in [-0.3, -0.25) is 4.90 Å². The van der Waals surface area contributed by atoms with Crippen LogP contribution in [0.25, 0.3) is 0 Å². The quantitative estimate of drug-likeness (QED) is 0.691. The molecule has 80 valence electrons. The molecule has 0 aromatic heterocycles. The molecule has 1 nitrogen and oxygen atoms in total. The van der Waals surface area contributed by atoms with Gasteiger partial charge >= 0.3 is 0 Å². The van der Waals surface area contributed by atoms with Crippen molar-refractivity contribution < 1.29 is 0 Å². The van der Waals surface area contributed by atoms with Crippen LogP contribution in [0.5, 0.6) is 0 Å². The van der Waals surface area contributed by atoms with E-state index in [1.165, 1.54) is 0 Å². The van der Waals surface area contributed by atoms with Gasteiger partial charge in [0.1, 0.15) is 0 Å². The smallest absolute Gasteiger partial charge is 0.0485 e. The van der Waals surface area contributed by atoms with Gasteiger partial charge in [-0.2, -0.15) is 0 Å². The Balaban J connectivity index is 1.87. The summed E-state index contributed by atoms with van der Waals surface area (Å²) in [6, 6.07) is 1.24. The van der Waals surface area contributed by atoms with Crippen LogP contribution in [0.15, 0.2) is 72.9 Å². The van der Waals surface area contributed by atoms with Crippen LogP contribution in [-0.2, 0) is 0 Å². The molecule has 0 aliphatic heterocycles. The highest BCUT2D eigenvalue weighted by Crippen LogP contribution is 2.23. The Morgan fingerprint density at radius 1 is 0.438 bits per heavy atom. The maximum Gasteiger partial charge on any atom is 0.0485 e. The highest BCUT2D eigenvalue weighted by atomic mass is 15.2. The average Bonchev–Trinajstić information content (AvgIpc) is 3.02. The second-order valence-electron chi connectivity index (χ2n) is 4.23. The monoisotopic (exact) mass is 209 g/mol. The third-order valence-electron chi connectivity index (χ3n) is 3.22. The second-order valence-corrected chi connectivity index (χ2v) is 4.23. The zero-order valence-electron chi connectivity index (χ0n) is 9.11. The minimum absolute atomic E-state index is 0.412. The van der Waals surface area contributed by atoms with Crippen LogP contribution in [0, 0.1) is 0 Å². The molecule has 0 saturated carbocycles. The number of hydrogen-bond donors (Lipinski definition) is 0. The fraction of sp³-hybridized carbons (Fsp3) is 0.200. The van der Waals surface area contributed by atoms with Crippen LogP contribution >= 0.6 is 0 Å². The van der Waals surface area contributed by atoms with Crippen LogP contribution in [-0.4, -0.2) is 23.0 Å². The number of rotatable bonds is 3. The van der Waals surface area contributed by atoms with E-state index in [4.69, 9.17) is 0 Å². The van der Waals surface area contributed by atoms with Gasteiger partial charge in [0.2, 0.25) is 0 Å². The molecule has 0 aromatic carbocycles. The molecular formula is C15H15N. The molecule has 0 fully saturated rings. The Bertz CT molecular complexity index is 332. The fourth-order valence-electron chi connectivity index (χ4n) is 2.45. The Morgan fingerprint density at radius 2 is 0.688 bits per heavy atom. The van der Waals surface area contributed by atoms with Crippen molar-refractivity contribution in [3.63, 3.8) is 0 Å². The van der Waals surface area contributed by atoms with Gasteiger partial charge in [0, 0.05) is 18.1 Å². The number of hydrogen-bond acceptors (Lipinski definition) is 1. The third kappa shape index (κ3) is 1.63. The maximum absolute atomic E-state index is 2.50. The predicted molar refractivity (Wildman–Crippen MR) is 68.0 cm³/mol. The predicted octanol–water partition coefficient (Wildman–Crippen LogP) is 2.77. The van der Waals surface area contributed by atoms with Gasteiger partial charge in [0.15, 0.2) is 0 Å². The van der Waals surface area contributed by atoms with Crippen LogP contribution in [0.3, 0.4) is 0 Å². The summed E-state index contributed by atoms with van der Waals surface area (Å²) >= 11 is 0. The van der Waals surface area contributed by atoms with E-state index in [0.29, 0.717) is 18.1 Å². The van der Waals surface area contributed by atoms with Gasteiger partial charge < -0.3 is 0 Å². The number of nitrogens with zero attached hydrogens (tertiary/aromatic N) is 1. The SMILES string of the molecule is C1=CC(N(C2C=CC=C2)C2C=CC=C2)C=C1. The first-order valence-corrected chi connectivity index (χ1v) is 5.77.